The molecule has 5 heteroatoms. The van der Waals surface area contributed by atoms with Gasteiger partial charge in [-0.2, -0.15) is 0 Å². The van der Waals surface area contributed by atoms with Crippen LogP contribution in [-0.4, -0.2) is 29.6 Å². The molecule has 0 aliphatic heterocycles. The van der Waals surface area contributed by atoms with Gasteiger partial charge in [0.2, 0.25) is 5.91 Å². The van der Waals surface area contributed by atoms with Crippen LogP contribution in [0.15, 0.2) is 0 Å². The first-order chi connectivity index (χ1) is 7.10. The maximum atomic E-state index is 11.6. The Morgan fingerprint density at radius 1 is 1.53 bits per heavy atom. The Bertz CT molecular complexity index is 247. The van der Waals surface area contributed by atoms with E-state index in [0.29, 0.717) is 6.42 Å². The average Bonchev–Trinajstić information content (AvgIpc) is 2.99. The number of carboxylic acid groups (broad SMARTS) is 1. The van der Waals surface area contributed by atoms with Gasteiger partial charge in [-0.1, -0.05) is 6.92 Å². The van der Waals surface area contributed by atoms with Gasteiger partial charge in [-0.05, 0) is 25.2 Å². The maximum Gasteiger partial charge on any atom is 0.326 e. The first-order valence-corrected chi connectivity index (χ1v) is 5.33. The second-order valence-electron chi connectivity index (χ2n) is 4.00. The predicted molar refractivity (Wildman–Crippen MR) is 55.1 cm³/mol. The molecule has 1 fully saturated rings. The fourth-order valence-corrected chi connectivity index (χ4v) is 1.54. The summed E-state index contributed by atoms with van der Waals surface area (Å²) in [6, 6.07) is -0.724. The third-order valence-corrected chi connectivity index (χ3v) is 2.81. The molecule has 86 valence electrons. The second-order valence-corrected chi connectivity index (χ2v) is 4.00. The summed E-state index contributed by atoms with van der Waals surface area (Å²) in [6.45, 7) is 2.13. The molecule has 1 aliphatic carbocycles. The lowest BCUT2D eigenvalue weighted by molar-refractivity contribution is -0.143. The van der Waals surface area contributed by atoms with Gasteiger partial charge in [-0.15, -0.1) is 0 Å². The van der Waals surface area contributed by atoms with E-state index in [1.165, 1.54) is 0 Å². The van der Waals surface area contributed by atoms with Crippen molar-refractivity contribution in [1.82, 2.24) is 5.32 Å². The number of nitrogens with one attached hydrogen (secondary N) is 1. The van der Waals surface area contributed by atoms with Crippen molar-refractivity contribution in [1.29, 1.82) is 0 Å². The quantitative estimate of drug-likeness (QED) is 0.578. The summed E-state index contributed by atoms with van der Waals surface area (Å²) in [5, 5.41) is 11.5. The first-order valence-electron chi connectivity index (χ1n) is 5.33. The van der Waals surface area contributed by atoms with Crippen LogP contribution in [0.5, 0.6) is 0 Å². The number of rotatable bonds is 6. The molecule has 0 heterocycles. The molecule has 0 aromatic carbocycles. The van der Waals surface area contributed by atoms with Crippen LogP contribution in [0, 0.1) is 11.8 Å². The fraction of sp³-hybridized carbons (Fsp3) is 0.800. The molecule has 1 rings (SSSR count). The number of aliphatic carboxylic acids is 1. The van der Waals surface area contributed by atoms with E-state index in [0.717, 1.165) is 12.8 Å². The van der Waals surface area contributed by atoms with Crippen LogP contribution in [0.2, 0.25) is 0 Å². The van der Waals surface area contributed by atoms with E-state index in [4.69, 9.17) is 10.8 Å². The van der Waals surface area contributed by atoms with Crippen molar-refractivity contribution in [3.05, 3.63) is 0 Å². The number of nitrogens with two attached hydrogens (primary N) is 1. The van der Waals surface area contributed by atoms with Crippen molar-refractivity contribution in [3.63, 3.8) is 0 Å². The summed E-state index contributed by atoms with van der Waals surface area (Å²) in [5.74, 6) is -1.34. The Morgan fingerprint density at radius 2 is 2.13 bits per heavy atom. The Labute approximate surface area is 89.0 Å². The normalized spacial score (nSPS) is 19.3. The highest BCUT2D eigenvalue weighted by molar-refractivity contribution is 5.85. The Kier molecular flexibility index (Phi) is 4.08. The Hall–Kier alpha value is -1.10. The Balaban J connectivity index is 2.50. The SMILES string of the molecule is CCC(CN)C(=O)NC(C(=O)O)C1CC1. The monoisotopic (exact) mass is 214 g/mol. The van der Waals surface area contributed by atoms with E-state index in [-0.39, 0.29) is 24.3 Å². The molecule has 0 radical (unpaired) electrons. The van der Waals surface area contributed by atoms with Gasteiger partial charge in [0.25, 0.3) is 0 Å². The van der Waals surface area contributed by atoms with Crippen LogP contribution in [-0.2, 0) is 9.59 Å². The molecular weight excluding hydrogens is 196 g/mol. The minimum absolute atomic E-state index is 0.113. The fourth-order valence-electron chi connectivity index (χ4n) is 1.54. The average molecular weight is 214 g/mol. The molecule has 5 nitrogen and oxygen atoms in total. The highest BCUT2D eigenvalue weighted by atomic mass is 16.4. The smallest absolute Gasteiger partial charge is 0.326 e. The highest BCUT2D eigenvalue weighted by Gasteiger charge is 2.37. The van der Waals surface area contributed by atoms with Gasteiger partial charge in [0.1, 0.15) is 6.04 Å². The van der Waals surface area contributed by atoms with Crippen molar-refractivity contribution in [2.45, 2.75) is 32.2 Å². The van der Waals surface area contributed by atoms with Crippen LogP contribution in [0.1, 0.15) is 26.2 Å². The standard InChI is InChI=1S/C10H18N2O3/c1-2-6(5-11)9(13)12-8(10(14)15)7-3-4-7/h6-8H,2-5,11H2,1H3,(H,12,13)(H,14,15). The lowest BCUT2D eigenvalue weighted by Gasteiger charge is -2.17. The van der Waals surface area contributed by atoms with Crippen LogP contribution in [0.25, 0.3) is 0 Å². The van der Waals surface area contributed by atoms with Gasteiger partial charge in [0.15, 0.2) is 0 Å². The largest absolute Gasteiger partial charge is 0.480 e. The number of carboxylic acids is 1. The van der Waals surface area contributed by atoms with E-state index in [2.05, 4.69) is 5.32 Å². The predicted octanol–water partition coefficient (Wildman–Crippen LogP) is -0.0493. The van der Waals surface area contributed by atoms with Crippen molar-refractivity contribution < 1.29 is 14.7 Å². The van der Waals surface area contributed by atoms with Gasteiger partial charge in [-0.25, -0.2) is 4.79 Å². The topological polar surface area (TPSA) is 92.4 Å². The third kappa shape index (κ3) is 3.20. The summed E-state index contributed by atoms with van der Waals surface area (Å²) >= 11 is 0. The van der Waals surface area contributed by atoms with E-state index < -0.39 is 12.0 Å². The van der Waals surface area contributed by atoms with Gasteiger partial charge < -0.3 is 16.2 Å². The number of hydrogen-bond donors (Lipinski definition) is 3. The van der Waals surface area contributed by atoms with E-state index in [9.17, 15) is 9.59 Å². The number of carbonyl (C=O) groups excluding carboxylic acids is 1. The summed E-state index contributed by atoms with van der Waals surface area (Å²) in [4.78, 5) is 22.5. The van der Waals surface area contributed by atoms with E-state index in [1.54, 1.807) is 0 Å². The number of carbonyl (C=O) groups is 2. The van der Waals surface area contributed by atoms with Gasteiger partial charge >= 0.3 is 5.97 Å². The minimum atomic E-state index is -0.947. The zero-order chi connectivity index (χ0) is 11.4. The van der Waals surface area contributed by atoms with Gasteiger partial charge in [-0.3, -0.25) is 4.79 Å². The van der Waals surface area contributed by atoms with Crippen molar-refractivity contribution in [2.24, 2.45) is 17.6 Å². The number of amides is 1. The van der Waals surface area contributed by atoms with E-state index in [1.807, 2.05) is 6.92 Å². The first kappa shape index (κ1) is 12.0. The maximum absolute atomic E-state index is 11.6. The molecule has 0 bridgehead atoms. The summed E-state index contributed by atoms with van der Waals surface area (Å²) in [6.07, 6.45) is 2.41. The van der Waals surface area contributed by atoms with Crippen LogP contribution < -0.4 is 11.1 Å². The van der Waals surface area contributed by atoms with Crippen molar-refractivity contribution in [2.75, 3.05) is 6.54 Å². The van der Waals surface area contributed by atoms with Crippen LogP contribution >= 0.6 is 0 Å². The molecular formula is C10H18N2O3. The molecule has 1 aliphatic rings. The van der Waals surface area contributed by atoms with Crippen molar-refractivity contribution >= 4 is 11.9 Å². The highest BCUT2D eigenvalue weighted by Crippen LogP contribution is 2.32. The van der Waals surface area contributed by atoms with Crippen LogP contribution in [0.3, 0.4) is 0 Å². The van der Waals surface area contributed by atoms with Crippen molar-refractivity contribution in [3.8, 4) is 0 Å². The minimum Gasteiger partial charge on any atom is -0.480 e. The molecule has 1 saturated carbocycles. The van der Waals surface area contributed by atoms with Gasteiger partial charge in [0.05, 0.1) is 0 Å². The zero-order valence-corrected chi connectivity index (χ0v) is 8.90. The summed E-state index contributed by atoms with van der Waals surface area (Å²) < 4.78 is 0. The molecule has 4 N–H and O–H groups in total. The molecule has 15 heavy (non-hydrogen) atoms. The molecule has 2 atom stereocenters. The zero-order valence-electron chi connectivity index (χ0n) is 8.90. The summed E-state index contributed by atoms with van der Waals surface area (Å²) in [7, 11) is 0. The van der Waals surface area contributed by atoms with Crippen LogP contribution in [0.4, 0.5) is 0 Å². The number of hydrogen-bond acceptors (Lipinski definition) is 3. The molecule has 1 amide bonds. The molecule has 0 aromatic heterocycles. The molecule has 0 spiro atoms. The molecule has 0 aromatic rings. The molecule has 2 unspecified atom stereocenters. The lowest BCUT2D eigenvalue weighted by atomic mass is 10.0. The molecule has 0 saturated heterocycles. The summed E-state index contributed by atoms with van der Waals surface area (Å²) in [5.41, 5.74) is 5.42. The lowest BCUT2D eigenvalue weighted by Crippen LogP contribution is -2.46. The Morgan fingerprint density at radius 3 is 2.47 bits per heavy atom. The third-order valence-electron chi connectivity index (χ3n) is 2.81. The van der Waals surface area contributed by atoms with E-state index >= 15 is 0 Å². The second kappa shape index (κ2) is 5.11. The van der Waals surface area contributed by atoms with Gasteiger partial charge in [0, 0.05) is 12.5 Å².